The van der Waals surface area contributed by atoms with Crippen molar-refractivity contribution in [3.8, 4) is 17.1 Å². The highest BCUT2D eigenvalue weighted by Gasteiger charge is 2.27. The van der Waals surface area contributed by atoms with Gasteiger partial charge < -0.3 is 9.15 Å². The Hall–Kier alpha value is -3.05. The van der Waals surface area contributed by atoms with E-state index in [1.54, 1.807) is 18.2 Å². The minimum Gasteiger partial charge on any atom is -0.484 e. The highest BCUT2D eigenvalue weighted by molar-refractivity contribution is 6.30. The maximum Gasteiger partial charge on any atom is 0.277 e. The van der Waals surface area contributed by atoms with Crippen LogP contribution >= 0.6 is 11.6 Å². The third-order valence-electron chi connectivity index (χ3n) is 5.11. The zero-order valence-corrected chi connectivity index (χ0v) is 20.6. The van der Waals surface area contributed by atoms with Crippen LogP contribution in [0, 0.1) is 5.41 Å². The Morgan fingerprint density at radius 2 is 1.67 bits per heavy atom. The molecular formula is C27H31ClN2O3. The van der Waals surface area contributed by atoms with Crippen LogP contribution in [0.5, 0.6) is 5.75 Å². The first kappa shape index (κ1) is 24.6. The topological polar surface area (TPSA) is 63.8 Å². The number of nitrogens with one attached hydrogen (secondary N) is 1. The van der Waals surface area contributed by atoms with Crippen LogP contribution in [0.1, 0.15) is 52.4 Å². The van der Waals surface area contributed by atoms with Gasteiger partial charge in [0.05, 0.1) is 6.21 Å². The summed E-state index contributed by atoms with van der Waals surface area (Å²) in [5.41, 5.74) is 4.90. The molecule has 0 atom stereocenters. The van der Waals surface area contributed by atoms with Crippen LogP contribution in [0.2, 0.25) is 5.02 Å². The number of hydrogen-bond acceptors (Lipinski definition) is 4. The Morgan fingerprint density at radius 3 is 2.30 bits per heavy atom. The van der Waals surface area contributed by atoms with Crippen LogP contribution in [0.4, 0.5) is 0 Å². The summed E-state index contributed by atoms with van der Waals surface area (Å²) in [6.45, 7) is 11.1. The Kier molecular flexibility index (Phi) is 7.65. The third kappa shape index (κ3) is 7.50. The zero-order valence-electron chi connectivity index (χ0n) is 19.8. The molecule has 33 heavy (non-hydrogen) atoms. The number of amides is 1. The summed E-state index contributed by atoms with van der Waals surface area (Å²) in [5, 5.41) is 4.60. The molecule has 0 aliphatic carbocycles. The third-order valence-corrected chi connectivity index (χ3v) is 5.37. The fourth-order valence-corrected chi connectivity index (χ4v) is 4.10. The first-order valence-electron chi connectivity index (χ1n) is 10.9. The molecule has 0 aliphatic rings. The van der Waals surface area contributed by atoms with E-state index in [-0.39, 0.29) is 23.3 Å². The molecule has 1 N–H and O–H groups in total. The summed E-state index contributed by atoms with van der Waals surface area (Å²) in [6.07, 6.45) is 2.51. The number of halogens is 1. The summed E-state index contributed by atoms with van der Waals surface area (Å²) in [4.78, 5) is 12.1. The number of hydrogen-bond donors (Lipinski definition) is 1. The van der Waals surface area contributed by atoms with Gasteiger partial charge in [-0.3, -0.25) is 4.79 Å². The minimum absolute atomic E-state index is 0.0577. The van der Waals surface area contributed by atoms with Crippen molar-refractivity contribution in [1.29, 1.82) is 0 Å². The lowest BCUT2D eigenvalue weighted by Crippen LogP contribution is -2.25. The van der Waals surface area contributed by atoms with Gasteiger partial charge in [-0.2, -0.15) is 5.10 Å². The van der Waals surface area contributed by atoms with Crippen LogP contribution in [-0.4, -0.2) is 18.7 Å². The second-order valence-corrected chi connectivity index (χ2v) is 10.4. The van der Waals surface area contributed by atoms with Crippen molar-refractivity contribution in [2.24, 2.45) is 10.5 Å². The van der Waals surface area contributed by atoms with E-state index in [2.05, 4.69) is 57.3 Å². The highest BCUT2D eigenvalue weighted by Crippen LogP contribution is 2.36. The monoisotopic (exact) mass is 466 g/mol. The maximum absolute atomic E-state index is 12.1. The number of carbonyl (C=O) groups excluding carboxylic acids is 1. The summed E-state index contributed by atoms with van der Waals surface area (Å²) < 4.78 is 11.3. The van der Waals surface area contributed by atoms with Gasteiger partial charge in [0.1, 0.15) is 17.3 Å². The molecule has 0 saturated heterocycles. The first-order valence-corrected chi connectivity index (χ1v) is 11.3. The smallest absolute Gasteiger partial charge is 0.277 e. The molecule has 0 unspecified atom stereocenters. The Balaban J connectivity index is 1.48. The quantitative estimate of drug-likeness (QED) is 0.292. The van der Waals surface area contributed by atoms with Crippen LogP contribution in [0.25, 0.3) is 11.3 Å². The SMILES string of the molecule is CC(C)(C)CC(C)(C)c1ccc(OCC(=O)NN=Cc2ccc(-c3ccc(Cl)cc3)o2)cc1. The van der Waals surface area contributed by atoms with E-state index in [4.69, 9.17) is 20.8 Å². The molecule has 6 heteroatoms. The van der Waals surface area contributed by atoms with Gasteiger partial charge in [-0.25, -0.2) is 5.43 Å². The average molecular weight is 467 g/mol. The van der Waals surface area contributed by atoms with E-state index in [0.717, 1.165) is 12.0 Å². The fourth-order valence-electron chi connectivity index (χ4n) is 3.97. The van der Waals surface area contributed by atoms with Crippen molar-refractivity contribution in [3.63, 3.8) is 0 Å². The van der Waals surface area contributed by atoms with E-state index in [9.17, 15) is 4.79 Å². The lowest BCUT2D eigenvalue weighted by molar-refractivity contribution is -0.123. The molecule has 0 bridgehead atoms. The van der Waals surface area contributed by atoms with Gasteiger partial charge >= 0.3 is 0 Å². The molecule has 0 fully saturated rings. The number of ether oxygens (including phenoxy) is 1. The predicted octanol–water partition coefficient (Wildman–Crippen LogP) is 6.84. The molecule has 0 saturated carbocycles. The van der Waals surface area contributed by atoms with Gasteiger partial charge in [0, 0.05) is 10.6 Å². The second-order valence-electron chi connectivity index (χ2n) is 9.94. The molecular weight excluding hydrogens is 436 g/mol. The molecule has 1 aromatic heterocycles. The molecule has 0 radical (unpaired) electrons. The van der Waals surface area contributed by atoms with Gasteiger partial charge in [0.15, 0.2) is 6.61 Å². The largest absolute Gasteiger partial charge is 0.484 e. The summed E-state index contributed by atoms with van der Waals surface area (Å²) >= 11 is 5.91. The van der Waals surface area contributed by atoms with Crippen LogP contribution in [0.3, 0.4) is 0 Å². The van der Waals surface area contributed by atoms with Crippen molar-refractivity contribution >= 4 is 23.7 Å². The lowest BCUT2D eigenvalue weighted by Gasteiger charge is -2.33. The normalized spacial score (nSPS) is 12.2. The Bertz CT molecular complexity index is 1090. The second kappa shape index (κ2) is 10.3. The molecule has 1 heterocycles. The predicted molar refractivity (Wildman–Crippen MR) is 134 cm³/mol. The van der Waals surface area contributed by atoms with E-state index in [1.165, 1.54) is 11.8 Å². The van der Waals surface area contributed by atoms with Gasteiger partial charge in [-0.05, 0) is 71.3 Å². The van der Waals surface area contributed by atoms with Crippen molar-refractivity contribution in [2.75, 3.05) is 6.61 Å². The molecule has 3 rings (SSSR count). The molecule has 0 spiro atoms. The van der Waals surface area contributed by atoms with Gasteiger partial charge in [-0.15, -0.1) is 0 Å². The fraction of sp³-hybridized carbons (Fsp3) is 0.333. The number of carbonyl (C=O) groups is 1. The zero-order chi connectivity index (χ0) is 24.1. The number of hydrazone groups is 1. The van der Waals surface area contributed by atoms with E-state index >= 15 is 0 Å². The highest BCUT2D eigenvalue weighted by atomic mass is 35.5. The standard InChI is InChI=1S/C27H31ClN2O3/c1-26(2,3)18-27(4,5)20-8-12-22(13-9-20)32-17-25(31)30-29-16-23-14-15-24(33-23)19-6-10-21(28)11-7-19/h6-16H,17-18H2,1-5H3,(H,30,31). The Labute approximate surface area is 200 Å². The number of furan rings is 1. The lowest BCUT2D eigenvalue weighted by atomic mass is 9.72. The van der Waals surface area contributed by atoms with E-state index < -0.39 is 0 Å². The molecule has 3 aromatic rings. The van der Waals surface area contributed by atoms with Crippen molar-refractivity contribution in [3.05, 3.63) is 77.0 Å². The van der Waals surface area contributed by atoms with Crippen LogP contribution < -0.4 is 10.2 Å². The summed E-state index contributed by atoms with van der Waals surface area (Å²) in [6, 6.07) is 18.9. The molecule has 5 nitrogen and oxygen atoms in total. The van der Waals surface area contributed by atoms with Gasteiger partial charge in [0.25, 0.3) is 5.91 Å². The van der Waals surface area contributed by atoms with Crippen LogP contribution in [0.15, 0.2) is 70.2 Å². The van der Waals surface area contributed by atoms with Gasteiger partial charge in [0.2, 0.25) is 0 Å². The van der Waals surface area contributed by atoms with Crippen molar-refractivity contribution < 1.29 is 13.9 Å². The van der Waals surface area contributed by atoms with E-state index in [0.29, 0.717) is 22.3 Å². The number of rotatable bonds is 8. The number of nitrogens with zero attached hydrogens (tertiary/aromatic N) is 1. The van der Waals surface area contributed by atoms with Gasteiger partial charge in [-0.1, -0.05) is 58.4 Å². The minimum atomic E-state index is -0.354. The van der Waals surface area contributed by atoms with E-state index in [1.807, 2.05) is 30.3 Å². The first-order chi connectivity index (χ1) is 15.5. The summed E-state index contributed by atoms with van der Waals surface area (Å²) in [7, 11) is 0. The Morgan fingerprint density at radius 1 is 1.00 bits per heavy atom. The molecule has 1 amide bonds. The summed E-state index contributed by atoms with van der Waals surface area (Å²) in [5.74, 6) is 1.50. The average Bonchev–Trinajstić information content (AvgIpc) is 3.20. The number of benzene rings is 2. The molecule has 2 aromatic carbocycles. The molecule has 0 aliphatic heterocycles. The maximum atomic E-state index is 12.1. The molecule has 174 valence electrons. The van der Waals surface area contributed by atoms with Crippen molar-refractivity contribution in [2.45, 2.75) is 46.5 Å². The van der Waals surface area contributed by atoms with Crippen molar-refractivity contribution in [1.82, 2.24) is 5.43 Å². The van der Waals surface area contributed by atoms with Crippen LogP contribution in [-0.2, 0) is 10.2 Å².